The number of para-hydroxylation sites is 1. The van der Waals surface area contributed by atoms with Gasteiger partial charge >= 0.3 is 5.97 Å². The molecule has 8 nitrogen and oxygen atoms in total. The highest BCUT2D eigenvalue weighted by Crippen LogP contribution is 2.27. The molecule has 3 aromatic rings. The van der Waals surface area contributed by atoms with E-state index in [-0.39, 0.29) is 10.6 Å². The van der Waals surface area contributed by atoms with E-state index in [0.717, 1.165) is 38.5 Å². The fraction of sp³-hybridized carbons (Fsp3) is 0.227. The molecule has 1 aliphatic heterocycles. The Kier molecular flexibility index (Phi) is 6.61. The van der Waals surface area contributed by atoms with Gasteiger partial charge < -0.3 is 20.5 Å². The van der Waals surface area contributed by atoms with E-state index < -0.39 is 5.97 Å². The molecular weight excluding hydrogens is 418 g/mol. The van der Waals surface area contributed by atoms with Crippen molar-refractivity contribution < 1.29 is 14.6 Å². The number of nitrogens with one attached hydrogen (secondary N) is 2. The molecule has 0 saturated carbocycles. The van der Waals surface area contributed by atoms with Gasteiger partial charge in [0, 0.05) is 25.3 Å². The third-order valence-corrected chi connectivity index (χ3v) is 5.15. The summed E-state index contributed by atoms with van der Waals surface area (Å²) in [6.07, 6.45) is 1.47. The highest BCUT2D eigenvalue weighted by atomic mass is 35.5. The van der Waals surface area contributed by atoms with Gasteiger partial charge in [0.1, 0.15) is 5.02 Å². The van der Waals surface area contributed by atoms with Gasteiger partial charge in [0.05, 0.1) is 30.7 Å². The molecule has 31 heavy (non-hydrogen) atoms. The van der Waals surface area contributed by atoms with Crippen molar-refractivity contribution in [3.63, 3.8) is 0 Å². The number of hydrogen-bond acceptors (Lipinski definition) is 7. The van der Waals surface area contributed by atoms with E-state index in [0.29, 0.717) is 17.5 Å². The van der Waals surface area contributed by atoms with E-state index in [4.69, 9.17) is 16.3 Å². The molecule has 0 radical (unpaired) electrons. The molecule has 1 aliphatic rings. The molecule has 0 spiro atoms. The average molecular weight is 440 g/mol. The van der Waals surface area contributed by atoms with Crippen LogP contribution in [-0.4, -0.2) is 52.2 Å². The second kappa shape index (κ2) is 9.74. The highest BCUT2D eigenvalue weighted by Gasteiger charge is 2.13. The van der Waals surface area contributed by atoms with Crippen LogP contribution in [0.4, 0.5) is 23.1 Å². The number of rotatable bonds is 7. The second-order valence-corrected chi connectivity index (χ2v) is 7.48. The molecule has 1 aromatic heterocycles. The largest absolute Gasteiger partial charge is 0.478 e. The van der Waals surface area contributed by atoms with Crippen LogP contribution >= 0.6 is 11.6 Å². The quantitative estimate of drug-likeness (QED) is 0.505. The van der Waals surface area contributed by atoms with Crippen LogP contribution in [0.1, 0.15) is 15.9 Å². The molecule has 9 heteroatoms. The van der Waals surface area contributed by atoms with Gasteiger partial charge in [0.25, 0.3) is 0 Å². The molecule has 0 amide bonds. The van der Waals surface area contributed by atoms with E-state index >= 15 is 0 Å². The number of halogens is 1. The number of morpholine rings is 1. The summed E-state index contributed by atoms with van der Waals surface area (Å²) in [4.78, 5) is 22.4. The second-order valence-electron chi connectivity index (χ2n) is 7.08. The summed E-state index contributed by atoms with van der Waals surface area (Å²) in [7, 11) is 0. The van der Waals surface area contributed by atoms with Crippen molar-refractivity contribution >= 4 is 40.7 Å². The van der Waals surface area contributed by atoms with Crippen molar-refractivity contribution in [1.82, 2.24) is 14.9 Å². The van der Waals surface area contributed by atoms with E-state index in [1.165, 1.54) is 17.8 Å². The van der Waals surface area contributed by atoms with Gasteiger partial charge in [-0.3, -0.25) is 4.90 Å². The molecular formula is C22H22ClN5O3. The maximum Gasteiger partial charge on any atom is 0.337 e. The van der Waals surface area contributed by atoms with Crippen molar-refractivity contribution in [3.05, 3.63) is 70.9 Å². The lowest BCUT2D eigenvalue weighted by molar-refractivity contribution is 0.0342. The van der Waals surface area contributed by atoms with Crippen molar-refractivity contribution in [1.29, 1.82) is 0 Å². The lowest BCUT2D eigenvalue weighted by Crippen LogP contribution is -2.35. The Morgan fingerprint density at radius 3 is 2.58 bits per heavy atom. The van der Waals surface area contributed by atoms with E-state index in [9.17, 15) is 9.90 Å². The minimum atomic E-state index is -1.04. The van der Waals surface area contributed by atoms with E-state index in [2.05, 4.69) is 37.6 Å². The Labute approximate surface area is 184 Å². The van der Waals surface area contributed by atoms with Gasteiger partial charge in [-0.25, -0.2) is 9.78 Å². The molecule has 3 N–H and O–H groups in total. The summed E-state index contributed by atoms with van der Waals surface area (Å²) < 4.78 is 5.39. The zero-order valence-corrected chi connectivity index (χ0v) is 17.5. The fourth-order valence-electron chi connectivity index (χ4n) is 3.26. The van der Waals surface area contributed by atoms with Gasteiger partial charge in [-0.1, -0.05) is 35.9 Å². The third kappa shape index (κ3) is 5.49. The first kappa shape index (κ1) is 21.0. The molecule has 1 fully saturated rings. The van der Waals surface area contributed by atoms with E-state index in [1.807, 2.05) is 12.1 Å². The number of nitrogens with zero attached hydrogens (tertiary/aromatic N) is 3. The number of carbonyl (C=O) groups is 1. The average Bonchev–Trinajstić information content (AvgIpc) is 2.78. The van der Waals surface area contributed by atoms with Crippen LogP contribution in [0.2, 0.25) is 5.02 Å². The Balaban J connectivity index is 1.45. The summed E-state index contributed by atoms with van der Waals surface area (Å²) in [5, 5.41) is 15.8. The summed E-state index contributed by atoms with van der Waals surface area (Å²) in [6.45, 7) is 4.33. The number of aromatic nitrogens is 2. The lowest BCUT2D eigenvalue weighted by Gasteiger charge is -2.26. The van der Waals surface area contributed by atoms with Crippen LogP contribution in [0.25, 0.3) is 0 Å². The standard InChI is InChI=1S/C22H22ClN5O3/c23-18-13-24-22(27-20(18)26-19-4-2-1-3-17(19)21(29)30)25-16-7-5-15(6-8-16)14-28-9-11-31-12-10-28/h1-8,13H,9-12,14H2,(H,29,30)(H2,24,25,26,27). The maximum atomic E-state index is 11.4. The zero-order chi connectivity index (χ0) is 21.6. The molecule has 2 aromatic carbocycles. The topological polar surface area (TPSA) is 99.6 Å². The van der Waals surface area contributed by atoms with Gasteiger partial charge in [0.15, 0.2) is 5.82 Å². The molecule has 0 atom stereocenters. The number of benzene rings is 2. The predicted octanol–water partition coefficient (Wildman–Crippen LogP) is 4.15. The number of carboxylic acid groups (broad SMARTS) is 1. The Morgan fingerprint density at radius 1 is 1.10 bits per heavy atom. The first-order valence-corrected chi connectivity index (χ1v) is 10.2. The normalized spacial score (nSPS) is 14.2. The van der Waals surface area contributed by atoms with Crippen LogP contribution in [-0.2, 0) is 11.3 Å². The van der Waals surface area contributed by atoms with Crippen LogP contribution < -0.4 is 10.6 Å². The number of aromatic carboxylic acids is 1. The van der Waals surface area contributed by atoms with Gasteiger partial charge in [-0.2, -0.15) is 4.98 Å². The van der Waals surface area contributed by atoms with Crippen LogP contribution in [0.3, 0.4) is 0 Å². The zero-order valence-electron chi connectivity index (χ0n) is 16.7. The number of anilines is 4. The van der Waals surface area contributed by atoms with Crippen LogP contribution in [0.15, 0.2) is 54.7 Å². The minimum absolute atomic E-state index is 0.127. The van der Waals surface area contributed by atoms with Crippen molar-refractivity contribution in [3.8, 4) is 0 Å². The number of carboxylic acids is 1. The monoisotopic (exact) mass is 439 g/mol. The van der Waals surface area contributed by atoms with Crippen molar-refractivity contribution in [2.45, 2.75) is 6.54 Å². The molecule has 2 heterocycles. The molecule has 0 unspecified atom stereocenters. The molecule has 4 rings (SSSR count). The maximum absolute atomic E-state index is 11.4. The summed E-state index contributed by atoms with van der Waals surface area (Å²) >= 11 is 6.22. The summed E-state index contributed by atoms with van der Waals surface area (Å²) in [5.74, 6) is -0.374. The summed E-state index contributed by atoms with van der Waals surface area (Å²) in [5.41, 5.74) is 2.58. The molecule has 160 valence electrons. The molecule has 1 saturated heterocycles. The number of ether oxygens (including phenoxy) is 1. The lowest BCUT2D eigenvalue weighted by atomic mass is 10.2. The SMILES string of the molecule is O=C(O)c1ccccc1Nc1nc(Nc2ccc(CN3CCOCC3)cc2)ncc1Cl. The van der Waals surface area contributed by atoms with E-state index in [1.54, 1.807) is 18.2 Å². The minimum Gasteiger partial charge on any atom is -0.478 e. The third-order valence-electron chi connectivity index (χ3n) is 4.87. The van der Waals surface area contributed by atoms with Gasteiger partial charge in [-0.05, 0) is 29.8 Å². The van der Waals surface area contributed by atoms with Crippen molar-refractivity contribution in [2.75, 3.05) is 36.9 Å². The summed E-state index contributed by atoms with van der Waals surface area (Å²) in [6, 6.07) is 14.6. The van der Waals surface area contributed by atoms with Crippen LogP contribution in [0, 0.1) is 0 Å². The first-order valence-electron chi connectivity index (χ1n) is 9.86. The van der Waals surface area contributed by atoms with Crippen LogP contribution in [0.5, 0.6) is 0 Å². The number of hydrogen-bond donors (Lipinski definition) is 3. The smallest absolute Gasteiger partial charge is 0.337 e. The highest BCUT2D eigenvalue weighted by molar-refractivity contribution is 6.33. The van der Waals surface area contributed by atoms with Gasteiger partial charge in [-0.15, -0.1) is 0 Å². The Hall–Kier alpha value is -3.20. The Bertz CT molecular complexity index is 1060. The van der Waals surface area contributed by atoms with Crippen molar-refractivity contribution in [2.24, 2.45) is 0 Å². The van der Waals surface area contributed by atoms with Gasteiger partial charge in [0.2, 0.25) is 5.95 Å². The first-order chi connectivity index (χ1) is 15.1. The molecule has 0 bridgehead atoms. The predicted molar refractivity (Wildman–Crippen MR) is 120 cm³/mol. The fourth-order valence-corrected chi connectivity index (χ4v) is 3.40. The molecule has 0 aliphatic carbocycles. The Morgan fingerprint density at radius 2 is 1.84 bits per heavy atom.